The number of hydrogen-bond donors (Lipinski definition) is 3. The predicted molar refractivity (Wildman–Crippen MR) is 94.9 cm³/mol. The van der Waals surface area contributed by atoms with Crippen LogP contribution >= 0.6 is 11.5 Å². The van der Waals surface area contributed by atoms with Gasteiger partial charge >= 0.3 is 6.03 Å². The molecule has 128 valence electrons. The second kappa shape index (κ2) is 8.39. The lowest BCUT2D eigenvalue weighted by atomic mass is 10.1. The van der Waals surface area contributed by atoms with Gasteiger partial charge in [-0.1, -0.05) is 23.5 Å². The summed E-state index contributed by atoms with van der Waals surface area (Å²) in [4.78, 5) is 23.9. The number of amides is 3. The summed E-state index contributed by atoms with van der Waals surface area (Å²) in [5, 5.41) is 14.0. The van der Waals surface area contributed by atoms with Crippen LogP contribution in [-0.4, -0.2) is 33.6 Å². The zero-order valence-corrected chi connectivity index (χ0v) is 14.7. The number of hydrogen-bond acceptors (Lipinski definition) is 5. The van der Waals surface area contributed by atoms with Gasteiger partial charge < -0.3 is 16.0 Å². The normalized spacial score (nSPS) is 13.0. The van der Waals surface area contributed by atoms with E-state index in [-0.39, 0.29) is 11.9 Å². The van der Waals surface area contributed by atoms with Gasteiger partial charge in [-0.05, 0) is 43.9 Å². The third-order valence-electron chi connectivity index (χ3n) is 3.54. The fourth-order valence-electron chi connectivity index (χ4n) is 1.91. The Morgan fingerprint density at radius 2 is 1.88 bits per heavy atom. The fourth-order valence-corrected chi connectivity index (χ4v) is 2.38. The summed E-state index contributed by atoms with van der Waals surface area (Å²) in [5.74, 6) is -0.203. The third kappa shape index (κ3) is 5.02. The molecular weight excluding hydrogens is 326 g/mol. The first-order valence-corrected chi connectivity index (χ1v) is 8.58. The zero-order valence-electron chi connectivity index (χ0n) is 13.9. The van der Waals surface area contributed by atoms with Gasteiger partial charge in [-0.25, -0.2) is 4.79 Å². The summed E-state index contributed by atoms with van der Waals surface area (Å²) in [7, 11) is 0. The van der Waals surface area contributed by atoms with E-state index in [0.29, 0.717) is 5.69 Å². The molecule has 2 rings (SSSR count). The van der Waals surface area contributed by atoms with E-state index >= 15 is 0 Å². The zero-order chi connectivity index (χ0) is 17.5. The van der Waals surface area contributed by atoms with Crippen LogP contribution in [0.1, 0.15) is 27.2 Å². The van der Waals surface area contributed by atoms with Gasteiger partial charge in [0.05, 0.1) is 0 Å². The SMILES string of the molecule is CC[C@@H](C)NC(=O)[C@@H](C)NC(=O)Nc1ccc(-c2csnn2)cc1. The number of carbonyl (C=O) groups is 2. The van der Waals surface area contributed by atoms with Gasteiger partial charge in [0.2, 0.25) is 5.91 Å². The number of aromatic nitrogens is 2. The highest BCUT2D eigenvalue weighted by Crippen LogP contribution is 2.19. The minimum Gasteiger partial charge on any atom is -0.352 e. The first kappa shape index (κ1) is 17.9. The van der Waals surface area contributed by atoms with E-state index in [9.17, 15) is 9.59 Å². The summed E-state index contributed by atoms with van der Waals surface area (Å²) in [6, 6.07) is 6.30. The number of rotatable bonds is 6. The van der Waals surface area contributed by atoms with Crippen molar-refractivity contribution >= 4 is 29.2 Å². The molecule has 24 heavy (non-hydrogen) atoms. The van der Waals surface area contributed by atoms with Crippen LogP contribution in [-0.2, 0) is 4.79 Å². The number of urea groups is 1. The van der Waals surface area contributed by atoms with Crippen molar-refractivity contribution in [2.24, 2.45) is 0 Å². The van der Waals surface area contributed by atoms with E-state index in [1.54, 1.807) is 19.1 Å². The van der Waals surface area contributed by atoms with Gasteiger partial charge in [0, 0.05) is 22.7 Å². The Balaban J connectivity index is 1.87. The maximum Gasteiger partial charge on any atom is 0.319 e. The first-order chi connectivity index (χ1) is 11.5. The minimum absolute atomic E-state index is 0.0811. The lowest BCUT2D eigenvalue weighted by molar-refractivity contribution is -0.123. The molecule has 0 aliphatic rings. The van der Waals surface area contributed by atoms with E-state index in [1.807, 2.05) is 31.4 Å². The summed E-state index contributed by atoms with van der Waals surface area (Å²) in [6.07, 6.45) is 0.839. The molecule has 2 aromatic rings. The average Bonchev–Trinajstić information content (AvgIpc) is 3.09. The molecule has 3 amide bonds. The van der Waals surface area contributed by atoms with Crippen LogP contribution in [0, 0.1) is 0 Å². The monoisotopic (exact) mass is 347 g/mol. The molecule has 7 nitrogen and oxygen atoms in total. The second-order valence-electron chi connectivity index (χ2n) is 5.51. The maximum atomic E-state index is 12.0. The van der Waals surface area contributed by atoms with Crippen LogP contribution in [0.4, 0.5) is 10.5 Å². The average molecular weight is 347 g/mol. The van der Waals surface area contributed by atoms with Crippen molar-refractivity contribution in [3.8, 4) is 11.3 Å². The van der Waals surface area contributed by atoms with Gasteiger partial charge in [-0.2, -0.15) is 0 Å². The van der Waals surface area contributed by atoms with Crippen molar-refractivity contribution < 1.29 is 9.59 Å². The first-order valence-electron chi connectivity index (χ1n) is 7.75. The molecule has 0 saturated carbocycles. The van der Waals surface area contributed by atoms with E-state index in [0.717, 1.165) is 17.7 Å². The highest BCUT2D eigenvalue weighted by molar-refractivity contribution is 7.03. The summed E-state index contributed by atoms with van der Waals surface area (Å²) < 4.78 is 3.82. The van der Waals surface area contributed by atoms with Crippen molar-refractivity contribution in [2.45, 2.75) is 39.3 Å². The van der Waals surface area contributed by atoms with E-state index < -0.39 is 12.1 Å². The summed E-state index contributed by atoms with van der Waals surface area (Å²) >= 11 is 1.29. The van der Waals surface area contributed by atoms with Crippen LogP contribution in [0.15, 0.2) is 29.6 Å². The van der Waals surface area contributed by atoms with Crippen molar-refractivity contribution in [1.29, 1.82) is 0 Å². The molecule has 0 aliphatic heterocycles. The Labute approximate surface area is 145 Å². The number of benzene rings is 1. The Hall–Kier alpha value is -2.48. The summed E-state index contributed by atoms with van der Waals surface area (Å²) in [5.41, 5.74) is 2.36. The molecular formula is C16H21N5O2S. The number of carbonyl (C=O) groups excluding carboxylic acids is 2. The van der Waals surface area contributed by atoms with Crippen molar-refractivity contribution in [2.75, 3.05) is 5.32 Å². The molecule has 0 radical (unpaired) electrons. The van der Waals surface area contributed by atoms with Gasteiger partial charge in [-0.15, -0.1) is 5.10 Å². The van der Waals surface area contributed by atoms with Crippen LogP contribution in [0.5, 0.6) is 0 Å². The Morgan fingerprint density at radius 3 is 2.46 bits per heavy atom. The van der Waals surface area contributed by atoms with Crippen molar-refractivity contribution in [3.05, 3.63) is 29.6 Å². The Bertz CT molecular complexity index is 672. The lowest BCUT2D eigenvalue weighted by Crippen LogP contribution is -2.48. The molecule has 1 heterocycles. The highest BCUT2D eigenvalue weighted by Gasteiger charge is 2.16. The standard InChI is InChI=1S/C16H21N5O2S/c1-4-10(2)17-15(22)11(3)18-16(23)19-13-7-5-12(6-8-13)14-9-24-21-20-14/h5-11H,4H2,1-3H3,(H,17,22)(H2,18,19,23)/t10-,11-/m1/s1. The summed E-state index contributed by atoms with van der Waals surface area (Å²) in [6.45, 7) is 5.56. The van der Waals surface area contributed by atoms with Crippen molar-refractivity contribution in [3.63, 3.8) is 0 Å². The Kier molecular flexibility index (Phi) is 6.25. The molecule has 0 aliphatic carbocycles. The van der Waals surface area contributed by atoms with Gasteiger partial charge in [0.1, 0.15) is 11.7 Å². The van der Waals surface area contributed by atoms with E-state index in [2.05, 4.69) is 25.5 Å². The van der Waals surface area contributed by atoms with Crippen LogP contribution in [0.25, 0.3) is 11.3 Å². The number of nitrogens with one attached hydrogen (secondary N) is 3. The molecule has 1 aromatic heterocycles. The van der Waals surface area contributed by atoms with Gasteiger partial charge in [0.15, 0.2) is 0 Å². The second-order valence-corrected chi connectivity index (χ2v) is 6.12. The van der Waals surface area contributed by atoms with Gasteiger partial charge in [-0.3, -0.25) is 4.79 Å². The topological polar surface area (TPSA) is 96.0 Å². The van der Waals surface area contributed by atoms with Crippen LogP contribution in [0.3, 0.4) is 0 Å². The van der Waals surface area contributed by atoms with Crippen LogP contribution < -0.4 is 16.0 Å². The fraction of sp³-hybridized carbons (Fsp3) is 0.375. The molecule has 0 spiro atoms. The quantitative estimate of drug-likeness (QED) is 0.748. The third-order valence-corrected chi connectivity index (χ3v) is 4.05. The number of anilines is 1. The molecule has 0 saturated heterocycles. The lowest BCUT2D eigenvalue weighted by Gasteiger charge is -2.17. The van der Waals surface area contributed by atoms with Gasteiger partial charge in [0.25, 0.3) is 0 Å². The maximum absolute atomic E-state index is 12.0. The molecule has 0 fully saturated rings. The molecule has 8 heteroatoms. The Morgan fingerprint density at radius 1 is 1.17 bits per heavy atom. The largest absolute Gasteiger partial charge is 0.352 e. The molecule has 0 bridgehead atoms. The highest BCUT2D eigenvalue weighted by atomic mass is 32.1. The minimum atomic E-state index is -0.612. The molecule has 1 aromatic carbocycles. The number of nitrogens with zero attached hydrogens (tertiary/aromatic N) is 2. The molecule has 0 unspecified atom stereocenters. The van der Waals surface area contributed by atoms with Crippen LogP contribution in [0.2, 0.25) is 0 Å². The smallest absolute Gasteiger partial charge is 0.319 e. The molecule has 3 N–H and O–H groups in total. The van der Waals surface area contributed by atoms with Crippen molar-refractivity contribution in [1.82, 2.24) is 20.2 Å². The predicted octanol–water partition coefficient (Wildman–Crippen LogP) is 2.63. The van der Waals surface area contributed by atoms with E-state index in [1.165, 1.54) is 11.5 Å². The molecule has 2 atom stereocenters. The van der Waals surface area contributed by atoms with E-state index in [4.69, 9.17) is 0 Å².